The molecule has 1 amide bonds. The Balaban J connectivity index is 1.43. The Kier molecular flexibility index (Phi) is 7.11. The van der Waals surface area contributed by atoms with Crippen LogP contribution in [0.4, 0.5) is 5.13 Å². The molecule has 158 valence electrons. The Labute approximate surface area is 191 Å². The molecule has 0 aliphatic carbocycles. The third-order valence-electron chi connectivity index (χ3n) is 4.26. The number of amides is 1. The number of carbonyl (C=O) groups is 1. The Morgan fingerprint density at radius 1 is 1.13 bits per heavy atom. The van der Waals surface area contributed by atoms with Gasteiger partial charge in [-0.3, -0.25) is 10.1 Å². The van der Waals surface area contributed by atoms with E-state index in [2.05, 4.69) is 15.5 Å². The van der Waals surface area contributed by atoms with E-state index in [1.54, 1.807) is 17.1 Å². The summed E-state index contributed by atoms with van der Waals surface area (Å²) in [6, 6.07) is 11.5. The number of anilines is 1. The lowest BCUT2D eigenvalue weighted by molar-refractivity contribution is 0.102. The van der Waals surface area contributed by atoms with Crippen LogP contribution in [0.3, 0.4) is 0 Å². The highest BCUT2D eigenvalue weighted by molar-refractivity contribution is 8.00. The predicted molar refractivity (Wildman–Crippen MR) is 124 cm³/mol. The zero-order chi connectivity index (χ0) is 21.0. The molecule has 1 aliphatic rings. The van der Waals surface area contributed by atoms with Gasteiger partial charge in [-0.05, 0) is 17.0 Å². The van der Waals surface area contributed by atoms with E-state index in [-0.39, 0.29) is 9.77 Å². The lowest BCUT2D eigenvalue weighted by Crippen LogP contribution is -2.38. The lowest BCUT2D eigenvalue weighted by atomic mass is 10.2. The monoisotopic (exact) mass is 498 g/mol. The highest BCUT2D eigenvalue weighted by Crippen LogP contribution is 2.31. The molecule has 1 aliphatic heterocycles. The van der Waals surface area contributed by atoms with Gasteiger partial charge in [0.1, 0.15) is 9.77 Å². The number of aromatic nitrogens is 2. The molecule has 0 atom stereocenters. The van der Waals surface area contributed by atoms with Crippen molar-refractivity contribution in [2.45, 2.75) is 15.0 Å². The van der Waals surface area contributed by atoms with Crippen molar-refractivity contribution in [3.05, 3.63) is 52.2 Å². The molecule has 7 nitrogen and oxygen atoms in total. The Morgan fingerprint density at radius 3 is 2.67 bits per heavy atom. The van der Waals surface area contributed by atoms with E-state index >= 15 is 0 Å². The third-order valence-corrected chi connectivity index (χ3v) is 10.2. The minimum Gasteiger partial charge on any atom is -0.296 e. The largest absolute Gasteiger partial charge is 0.296 e. The minimum atomic E-state index is -3.69. The van der Waals surface area contributed by atoms with Crippen LogP contribution in [0, 0.1) is 0 Å². The molecule has 0 spiro atoms. The highest BCUT2D eigenvalue weighted by atomic mass is 32.2. The number of carbonyl (C=O) groups excluding carboxylic acids is 1. The van der Waals surface area contributed by atoms with Gasteiger partial charge in [-0.25, -0.2) is 8.42 Å². The van der Waals surface area contributed by atoms with E-state index in [9.17, 15) is 13.2 Å². The van der Waals surface area contributed by atoms with Gasteiger partial charge in [0.2, 0.25) is 15.2 Å². The minimum absolute atomic E-state index is 0.0556. The van der Waals surface area contributed by atoms with Crippen LogP contribution < -0.4 is 5.32 Å². The first-order valence-electron chi connectivity index (χ1n) is 9.01. The zero-order valence-electron chi connectivity index (χ0n) is 15.7. The average molecular weight is 499 g/mol. The maximum absolute atomic E-state index is 13.0. The van der Waals surface area contributed by atoms with Crippen LogP contribution >= 0.6 is 46.2 Å². The number of rotatable bonds is 7. The van der Waals surface area contributed by atoms with E-state index in [0.717, 1.165) is 32.9 Å². The number of sulfonamides is 1. The summed E-state index contributed by atoms with van der Waals surface area (Å²) in [5.74, 6) is 1.80. The van der Waals surface area contributed by atoms with Gasteiger partial charge >= 0.3 is 0 Å². The van der Waals surface area contributed by atoms with Crippen molar-refractivity contribution in [3.8, 4) is 0 Å². The summed E-state index contributed by atoms with van der Waals surface area (Å²) in [5.41, 5.74) is 1.17. The lowest BCUT2D eigenvalue weighted by Gasteiger charge is -2.25. The van der Waals surface area contributed by atoms with Gasteiger partial charge in [0.25, 0.3) is 5.91 Å². The molecule has 1 saturated heterocycles. The number of thiophene rings is 1. The van der Waals surface area contributed by atoms with E-state index in [1.807, 2.05) is 30.3 Å². The smallest absolute Gasteiger partial charge is 0.268 e. The maximum Gasteiger partial charge on any atom is 0.268 e. The summed E-state index contributed by atoms with van der Waals surface area (Å²) >= 11 is 5.65. The SMILES string of the molecule is O=C(Nc1nnc(SCc2ccccc2)s1)c1sccc1S(=O)(=O)N1CCSCC1. The molecule has 2 aromatic heterocycles. The average Bonchev–Trinajstić information content (AvgIpc) is 3.44. The molecule has 1 fully saturated rings. The van der Waals surface area contributed by atoms with E-state index < -0.39 is 15.9 Å². The molecule has 3 heterocycles. The zero-order valence-corrected chi connectivity index (χ0v) is 19.8. The van der Waals surface area contributed by atoms with E-state index in [1.165, 1.54) is 39.0 Å². The summed E-state index contributed by atoms with van der Waals surface area (Å²) in [6.07, 6.45) is 0. The van der Waals surface area contributed by atoms with Crippen LogP contribution in [0.5, 0.6) is 0 Å². The summed E-state index contributed by atoms with van der Waals surface area (Å²) in [7, 11) is -3.69. The summed E-state index contributed by atoms with van der Waals surface area (Å²) < 4.78 is 28.1. The number of nitrogens with zero attached hydrogens (tertiary/aromatic N) is 3. The van der Waals surface area contributed by atoms with E-state index in [4.69, 9.17) is 0 Å². The molecule has 1 N–H and O–H groups in total. The second-order valence-corrected chi connectivity index (χ2v) is 12.5. The standard InChI is InChI=1S/C18H18N4O3S5/c23-16(15-14(6-9-27-15)30(24,25)22-7-10-26-11-8-22)19-17-20-21-18(29-17)28-12-13-4-2-1-3-5-13/h1-6,9H,7-8,10-12H2,(H,19,20,23). The predicted octanol–water partition coefficient (Wildman–Crippen LogP) is 3.88. The first-order valence-corrected chi connectivity index (χ1v) is 14.3. The fourth-order valence-corrected chi connectivity index (χ4v) is 8.36. The van der Waals surface area contributed by atoms with Gasteiger partial charge in [-0.15, -0.1) is 21.5 Å². The van der Waals surface area contributed by atoms with Crippen LogP contribution in [0.1, 0.15) is 15.2 Å². The van der Waals surface area contributed by atoms with Crippen LogP contribution in [0.2, 0.25) is 0 Å². The van der Waals surface area contributed by atoms with Crippen LogP contribution in [0.25, 0.3) is 0 Å². The second kappa shape index (κ2) is 9.79. The summed E-state index contributed by atoms with van der Waals surface area (Å²) in [6.45, 7) is 0.921. The fourth-order valence-electron chi connectivity index (χ4n) is 2.78. The molecule has 0 radical (unpaired) electrons. The Hall–Kier alpha value is -1.44. The van der Waals surface area contributed by atoms with Crippen molar-refractivity contribution in [1.29, 1.82) is 0 Å². The topological polar surface area (TPSA) is 92.3 Å². The van der Waals surface area contributed by atoms with Gasteiger partial charge in [0.15, 0.2) is 4.34 Å². The Morgan fingerprint density at radius 2 is 1.90 bits per heavy atom. The first-order chi connectivity index (χ1) is 14.5. The van der Waals surface area contributed by atoms with Gasteiger partial charge < -0.3 is 0 Å². The van der Waals surface area contributed by atoms with Crippen molar-refractivity contribution < 1.29 is 13.2 Å². The fraction of sp³-hybridized carbons (Fsp3) is 0.278. The van der Waals surface area contributed by atoms with E-state index in [0.29, 0.717) is 18.2 Å². The third kappa shape index (κ3) is 5.06. The quantitative estimate of drug-likeness (QED) is 0.390. The number of thioether (sulfide) groups is 2. The molecule has 12 heteroatoms. The van der Waals surface area contributed by atoms with Gasteiger partial charge in [0, 0.05) is 30.3 Å². The molecule has 0 unspecified atom stereocenters. The molecule has 3 aromatic rings. The number of hydrogen-bond acceptors (Lipinski definition) is 9. The van der Waals surface area contributed by atoms with Crippen molar-refractivity contribution in [2.75, 3.05) is 29.9 Å². The first kappa shape index (κ1) is 21.8. The number of hydrogen-bond donors (Lipinski definition) is 1. The van der Waals surface area contributed by atoms with Crippen molar-refractivity contribution in [2.24, 2.45) is 0 Å². The van der Waals surface area contributed by atoms with Gasteiger partial charge in [-0.1, -0.05) is 53.4 Å². The molecular formula is C18H18N4O3S5. The van der Waals surface area contributed by atoms with Crippen molar-refractivity contribution in [1.82, 2.24) is 14.5 Å². The van der Waals surface area contributed by atoms with Gasteiger partial charge in [-0.2, -0.15) is 16.1 Å². The summed E-state index contributed by atoms with van der Waals surface area (Å²) in [4.78, 5) is 13.0. The van der Waals surface area contributed by atoms with Crippen LogP contribution in [-0.4, -0.2) is 53.4 Å². The van der Waals surface area contributed by atoms with Crippen molar-refractivity contribution in [3.63, 3.8) is 0 Å². The molecule has 1 aromatic carbocycles. The Bertz CT molecular complexity index is 1110. The number of nitrogens with one attached hydrogen (secondary N) is 1. The second-order valence-electron chi connectivity index (χ2n) is 6.23. The molecule has 0 saturated carbocycles. The normalized spacial score (nSPS) is 15.2. The maximum atomic E-state index is 13.0. The van der Waals surface area contributed by atoms with Crippen LogP contribution in [-0.2, 0) is 15.8 Å². The highest BCUT2D eigenvalue weighted by Gasteiger charge is 2.31. The molecule has 30 heavy (non-hydrogen) atoms. The van der Waals surface area contributed by atoms with Gasteiger partial charge in [0.05, 0.1) is 0 Å². The number of benzene rings is 1. The molecular weight excluding hydrogens is 481 g/mol. The van der Waals surface area contributed by atoms with Crippen LogP contribution in [0.15, 0.2) is 51.0 Å². The molecule has 4 rings (SSSR count). The summed E-state index contributed by atoms with van der Waals surface area (Å²) in [5, 5.41) is 12.8. The molecule has 0 bridgehead atoms. The van der Waals surface area contributed by atoms with Crippen molar-refractivity contribution >= 4 is 67.3 Å².